The van der Waals surface area contributed by atoms with Gasteiger partial charge in [-0.15, -0.1) is 0 Å². The Morgan fingerprint density at radius 3 is 2.79 bits per heavy atom. The van der Waals surface area contributed by atoms with Crippen LogP contribution in [-0.4, -0.2) is 31.9 Å². The molecule has 0 aliphatic carbocycles. The standard InChI is InChI=1S/C11H15BN4O3/c1-7(9-3-4-16(2)15-9)19-10-5-8(12(17)18)6-14-11(10)13/h3-7,17-18H,1-2H3,(H2,13,14)/t7-/m1/s1. The van der Waals surface area contributed by atoms with Crippen molar-refractivity contribution in [3.63, 3.8) is 0 Å². The highest BCUT2D eigenvalue weighted by molar-refractivity contribution is 6.58. The summed E-state index contributed by atoms with van der Waals surface area (Å²) in [6.45, 7) is 1.82. The fourth-order valence-electron chi connectivity index (χ4n) is 1.61. The maximum absolute atomic E-state index is 9.10. The molecule has 0 radical (unpaired) electrons. The first kappa shape index (κ1) is 13.4. The molecule has 0 aromatic carbocycles. The van der Waals surface area contributed by atoms with Crippen molar-refractivity contribution in [3.8, 4) is 5.75 Å². The van der Waals surface area contributed by atoms with Gasteiger partial charge in [0.05, 0.1) is 0 Å². The van der Waals surface area contributed by atoms with E-state index in [0.717, 1.165) is 5.69 Å². The van der Waals surface area contributed by atoms with Crippen molar-refractivity contribution in [3.05, 3.63) is 30.2 Å². The van der Waals surface area contributed by atoms with Crippen molar-refractivity contribution >= 4 is 18.4 Å². The van der Waals surface area contributed by atoms with E-state index in [-0.39, 0.29) is 17.4 Å². The zero-order valence-corrected chi connectivity index (χ0v) is 10.7. The molecule has 4 N–H and O–H groups in total. The number of ether oxygens (including phenoxy) is 1. The van der Waals surface area contributed by atoms with Gasteiger partial charge in [-0.1, -0.05) is 0 Å². The number of aryl methyl sites for hydroxylation is 1. The van der Waals surface area contributed by atoms with E-state index in [1.165, 1.54) is 12.3 Å². The van der Waals surface area contributed by atoms with E-state index in [4.69, 9.17) is 20.5 Å². The number of nitrogens with zero attached hydrogens (tertiary/aromatic N) is 3. The summed E-state index contributed by atoms with van der Waals surface area (Å²) in [5, 5.41) is 22.4. The number of aromatic nitrogens is 3. The summed E-state index contributed by atoms with van der Waals surface area (Å²) in [7, 11) is 0.204. The number of nitrogen functional groups attached to an aromatic ring is 1. The van der Waals surface area contributed by atoms with Crippen LogP contribution < -0.4 is 15.9 Å². The van der Waals surface area contributed by atoms with Crippen LogP contribution in [0, 0.1) is 0 Å². The lowest BCUT2D eigenvalue weighted by molar-refractivity contribution is 0.221. The van der Waals surface area contributed by atoms with Gasteiger partial charge >= 0.3 is 7.12 Å². The van der Waals surface area contributed by atoms with Gasteiger partial charge in [-0.3, -0.25) is 4.68 Å². The van der Waals surface area contributed by atoms with Crippen LogP contribution in [0.25, 0.3) is 0 Å². The summed E-state index contributed by atoms with van der Waals surface area (Å²) >= 11 is 0. The highest BCUT2D eigenvalue weighted by atomic mass is 16.5. The third-order valence-electron chi connectivity index (χ3n) is 2.66. The lowest BCUT2D eigenvalue weighted by Crippen LogP contribution is -2.30. The number of hydrogen-bond acceptors (Lipinski definition) is 6. The molecule has 2 aromatic heterocycles. The van der Waals surface area contributed by atoms with Gasteiger partial charge in [0.15, 0.2) is 11.6 Å². The molecule has 0 aliphatic rings. The Morgan fingerprint density at radius 1 is 1.47 bits per heavy atom. The monoisotopic (exact) mass is 262 g/mol. The fourth-order valence-corrected chi connectivity index (χ4v) is 1.61. The van der Waals surface area contributed by atoms with Crippen LogP contribution in [-0.2, 0) is 7.05 Å². The minimum Gasteiger partial charge on any atom is -0.480 e. The summed E-state index contributed by atoms with van der Waals surface area (Å²) in [6, 6.07) is 3.28. The van der Waals surface area contributed by atoms with Crippen LogP contribution in [0.1, 0.15) is 18.7 Å². The summed E-state index contributed by atoms with van der Waals surface area (Å²) in [4.78, 5) is 3.86. The summed E-state index contributed by atoms with van der Waals surface area (Å²) in [5.41, 5.74) is 6.66. The molecular formula is C11H15BN4O3. The topological polar surface area (TPSA) is 106 Å². The van der Waals surface area contributed by atoms with Crippen molar-refractivity contribution < 1.29 is 14.8 Å². The Labute approximate surface area is 110 Å². The third-order valence-corrected chi connectivity index (χ3v) is 2.66. The van der Waals surface area contributed by atoms with Gasteiger partial charge in [0.1, 0.15) is 11.8 Å². The summed E-state index contributed by atoms with van der Waals surface area (Å²) < 4.78 is 7.32. The fraction of sp³-hybridized carbons (Fsp3) is 0.273. The Bertz CT molecular complexity index is 573. The van der Waals surface area contributed by atoms with Crippen LogP contribution in [0.15, 0.2) is 24.5 Å². The van der Waals surface area contributed by atoms with Crippen LogP contribution in [0.5, 0.6) is 5.75 Å². The van der Waals surface area contributed by atoms with Crippen molar-refractivity contribution in [1.82, 2.24) is 14.8 Å². The predicted octanol–water partition coefficient (Wildman–Crippen LogP) is -0.783. The maximum atomic E-state index is 9.10. The molecule has 2 heterocycles. The van der Waals surface area contributed by atoms with Gasteiger partial charge in [-0.25, -0.2) is 4.98 Å². The van der Waals surface area contributed by atoms with E-state index in [2.05, 4.69) is 10.1 Å². The van der Waals surface area contributed by atoms with Crippen molar-refractivity contribution in [2.75, 3.05) is 5.73 Å². The van der Waals surface area contributed by atoms with Crippen molar-refractivity contribution in [2.45, 2.75) is 13.0 Å². The number of nitrogens with two attached hydrogens (primary N) is 1. The molecule has 0 bridgehead atoms. The first-order chi connectivity index (χ1) is 8.97. The molecule has 0 aliphatic heterocycles. The Kier molecular flexibility index (Phi) is 3.73. The van der Waals surface area contributed by atoms with E-state index in [1.807, 2.05) is 26.2 Å². The first-order valence-electron chi connectivity index (χ1n) is 5.75. The average molecular weight is 262 g/mol. The number of anilines is 1. The number of pyridine rings is 1. The SMILES string of the molecule is C[C@@H](Oc1cc(B(O)O)cnc1N)c1ccn(C)n1. The molecule has 2 aromatic rings. The van der Waals surface area contributed by atoms with Crippen LogP contribution in [0.2, 0.25) is 0 Å². The van der Waals surface area contributed by atoms with E-state index >= 15 is 0 Å². The van der Waals surface area contributed by atoms with E-state index in [9.17, 15) is 0 Å². The lowest BCUT2D eigenvalue weighted by atomic mass is 9.81. The van der Waals surface area contributed by atoms with Crippen LogP contribution >= 0.6 is 0 Å². The summed E-state index contributed by atoms with van der Waals surface area (Å²) in [6.07, 6.45) is 2.78. The first-order valence-corrected chi connectivity index (χ1v) is 5.75. The molecule has 7 nitrogen and oxygen atoms in total. The Balaban J connectivity index is 2.20. The third kappa shape index (κ3) is 3.04. The largest absolute Gasteiger partial charge is 0.490 e. The minimum absolute atomic E-state index is 0.187. The van der Waals surface area contributed by atoms with E-state index < -0.39 is 7.12 Å². The highest BCUT2D eigenvalue weighted by Gasteiger charge is 2.17. The predicted molar refractivity (Wildman–Crippen MR) is 70.7 cm³/mol. The highest BCUT2D eigenvalue weighted by Crippen LogP contribution is 2.23. The molecule has 0 unspecified atom stereocenters. The van der Waals surface area contributed by atoms with Crippen LogP contribution in [0.3, 0.4) is 0 Å². The molecule has 2 rings (SSSR count). The zero-order valence-electron chi connectivity index (χ0n) is 10.7. The minimum atomic E-state index is -1.61. The van der Waals surface area contributed by atoms with Crippen molar-refractivity contribution in [1.29, 1.82) is 0 Å². The molecule has 0 amide bonds. The second-order valence-corrected chi connectivity index (χ2v) is 4.20. The quantitative estimate of drug-likeness (QED) is 0.624. The summed E-state index contributed by atoms with van der Waals surface area (Å²) in [5.74, 6) is 0.482. The molecule has 19 heavy (non-hydrogen) atoms. The molecular weight excluding hydrogens is 247 g/mol. The van der Waals surface area contributed by atoms with Gasteiger partial charge in [0.25, 0.3) is 0 Å². The Hall–Kier alpha value is -2.06. The second-order valence-electron chi connectivity index (χ2n) is 4.20. The molecule has 0 saturated carbocycles. The van der Waals surface area contributed by atoms with Gasteiger partial charge in [-0.05, 0) is 19.1 Å². The maximum Gasteiger partial charge on any atom is 0.490 e. The van der Waals surface area contributed by atoms with Gasteiger partial charge in [0.2, 0.25) is 0 Å². The molecule has 0 spiro atoms. The lowest BCUT2D eigenvalue weighted by Gasteiger charge is -2.14. The second kappa shape index (κ2) is 5.29. The van der Waals surface area contributed by atoms with Gasteiger partial charge in [0, 0.05) is 24.9 Å². The Morgan fingerprint density at radius 2 is 2.21 bits per heavy atom. The van der Waals surface area contributed by atoms with Crippen LogP contribution in [0.4, 0.5) is 5.82 Å². The average Bonchev–Trinajstić information content (AvgIpc) is 2.78. The normalized spacial score (nSPS) is 12.2. The van der Waals surface area contributed by atoms with Gasteiger partial charge < -0.3 is 20.5 Å². The van der Waals surface area contributed by atoms with Crippen molar-refractivity contribution in [2.24, 2.45) is 7.05 Å². The van der Waals surface area contributed by atoms with E-state index in [0.29, 0.717) is 5.75 Å². The zero-order chi connectivity index (χ0) is 14.0. The smallest absolute Gasteiger partial charge is 0.480 e. The number of hydrogen-bond donors (Lipinski definition) is 3. The molecule has 1 atom stereocenters. The molecule has 100 valence electrons. The van der Waals surface area contributed by atoms with Gasteiger partial charge in [-0.2, -0.15) is 5.10 Å². The van der Waals surface area contributed by atoms with E-state index in [1.54, 1.807) is 4.68 Å². The molecule has 8 heteroatoms. The molecule has 0 fully saturated rings. The molecule has 0 saturated heterocycles. The number of rotatable bonds is 4.